The predicted octanol–water partition coefficient (Wildman–Crippen LogP) is 4.50. The highest BCUT2D eigenvalue weighted by Gasteiger charge is 2.46. The number of ether oxygens (including phenoxy) is 1. The van der Waals surface area contributed by atoms with Crippen LogP contribution in [0.25, 0.3) is 5.76 Å². The largest absolute Gasteiger partial charge is 0.507 e. The molecule has 0 spiro atoms. The van der Waals surface area contributed by atoms with E-state index >= 15 is 0 Å². The summed E-state index contributed by atoms with van der Waals surface area (Å²) in [5.41, 5.74) is 1.73. The first-order valence-corrected chi connectivity index (χ1v) is 10.0. The van der Waals surface area contributed by atoms with Crippen LogP contribution in [0.5, 0.6) is 5.75 Å². The Bertz CT molecular complexity index is 1120. The van der Waals surface area contributed by atoms with Gasteiger partial charge >= 0.3 is 0 Å². The fourth-order valence-electron chi connectivity index (χ4n) is 3.67. The van der Waals surface area contributed by atoms with Gasteiger partial charge in [-0.25, -0.2) is 0 Å². The first-order chi connectivity index (χ1) is 15.0. The van der Waals surface area contributed by atoms with Gasteiger partial charge in [0.1, 0.15) is 11.5 Å². The fourth-order valence-corrected chi connectivity index (χ4v) is 3.67. The molecule has 1 saturated heterocycles. The van der Waals surface area contributed by atoms with E-state index in [9.17, 15) is 14.7 Å². The zero-order chi connectivity index (χ0) is 22.0. The number of carbonyl (C=O) groups excluding carboxylic acids is 2. The molecule has 2 heterocycles. The molecule has 6 nitrogen and oxygen atoms in total. The van der Waals surface area contributed by atoms with Crippen LogP contribution in [0, 0.1) is 0 Å². The Hall–Kier alpha value is -3.93. The quantitative estimate of drug-likeness (QED) is 0.378. The molecule has 156 valence electrons. The van der Waals surface area contributed by atoms with Gasteiger partial charge in [0.05, 0.1) is 17.7 Å². The van der Waals surface area contributed by atoms with Gasteiger partial charge in [-0.2, -0.15) is 0 Å². The van der Waals surface area contributed by atoms with Crippen molar-refractivity contribution in [2.75, 3.05) is 4.90 Å². The molecular formula is C25H22N2O4. The third-order valence-electron chi connectivity index (χ3n) is 5.00. The molecule has 3 aromatic rings. The Morgan fingerprint density at radius 2 is 1.61 bits per heavy atom. The van der Waals surface area contributed by atoms with Gasteiger partial charge in [-0.3, -0.25) is 19.5 Å². The van der Waals surface area contributed by atoms with E-state index in [0.717, 1.165) is 0 Å². The van der Waals surface area contributed by atoms with Crippen LogP contribution in [0.2, 0.25) is 0 Å². The molecule has 1 amide bonds. The number of pyridine rings is 1. The summed E-state index contributed by atoms with van der Waals surface area (Å²) in [6.07, 6.45) is 3.07. The number of anilines is 1. The molecule has 2 aromatic carbocycles. The molecular weight excluding hydrogens is 392 g/mol. The SMILES string of the molecule is CC(C)Oc1ccc(C2/C(=C(/O)c3ccncc3)C(=O)C(=O)N2c2ccccc2)cc1. The molecule has 1 fully saturated rings. The number of aliphatic hydroxyl groups excluding tert-OH is 1. The average Bonchev–Trinajstić information content (AvgIpc) is 3.05. The van der Waals surface area contributed by atoms with Crippen molar-refractivity contribution in [1.82, 2.24) is 4.98 Å². The van der Waals surface area contributed by atoms with E-state index in [1.807, 2.05) is 32.0 Å². The number of Topliss-reactive ketones (excluding diaryl/α,β-unsaturated/α-hetero) is 1. The van der Waals surface area contributed by atoms with E-state index in [1.54, 1.807) is 48.5 Å². The number of nitrogens with zero attached hydrogens (tertiary/aromatic N) is 2. The summed E-state index contributed by atoms with van der Waals surface area (Å²) in [5, 5.41) is 11.0. The number of rotatable bonds is 5. The lowest BCUT2D eigenvalue weighted by molar-refractivity contribution is -0.132. The molecule has 4 rings (SSSR count). The number of para-hydroxylation sites is 1. The van der Waals surface area contributed by atoms with Gasteiger partial charge in [0, 0.05) is 23.6 Å². The molecule has 6 heteroatoms. The molecule has 1 aliphatic heterocycles. The second-order valence-electron chi connectivity index (χ2n) is 7.48. The lowest BCUT2D eigenvalue weighted by atomic mass is 9.95. The lowest BCUT2D eigenvalue weighted by Gasteiger charge is -2.25. The van der Waals surface area contributed by atoms with Crippen molar-refractivity contribution >= 4 is 23.1 Å². The van der Waals surface area contributed by atoms with E-state index < -0.39 is 17.7 Å². The van der Waals surface area contributed by atoms with E-state index in [2.05, 4.69) is 4.98 Å². The van der Waals surface area contributed by atoms with Gasteiger partial charge in [0.15, 0.2) is 0 Å². The molecule has 0 radical (unpaired) electrons. The first kappa shape index (κ1) is 20.3. The van der Waals surface area contributed by atoms with Gasteiger partial charge in [-0.05, 0) is 55.8 Å². The summed E-state index contributed by atoms with van der Waals surface area (Å²) >= 11 is 0. The smallest absolute Gasteiger partial charge is 0.300 e. The van der Waals surface area contributed by atoms with Gasteiger partial charge in [0.25, 0.3) is 11.7 Å². The van der Waals surface area contributed by atoms with Crippen LogP contribution in [0.1, 0.15) is 31.0 Å². The third kappa shape index (κ3) is 3.92. The van der Waals surface area contributed by atoms with Crippen molar-refractivity contribution in [3.63, 3.8) is 0 Å². The molecule has 1 unspecified atom stereocenters. The van der Waals surface area contributed by atoms with Crippen LogP contribution in [0.3, 0.4) is 0 Å². The molecule has 0 saturated carbocycles. The number of carbonyl (C=O) groups is 2. The van der Waals surface area contributed by atoms with Gasteiger partial charge in [-0.1, -0.05) is 30.3 Å². The summed E-state index contributed by atoms with van der Waals surface area (Å²) in [4.78, 5) is 31.5. The van der Waals surface area contributed by atoms with Crippen molar-refractivity contribution in [2.45, 2.75) is 26.0 Å². The normalized spacial score (nSPS) is 17.9. The maximum absolute atomic E-state index is 13.1. The Morgan fingerprint density at radius 1 is 0.968 bits per heavy atom. The summed E-state index contributed by atoms with van der Waals surface area (Å²) in [6, 6.07) is 18.6. The molecule has 1 N–H and O–H groups in total. The molecule has 31 heavy (non-hydrogen) atoms. The minimum Gasteiger partial charge on any atom is -0.507 e. The van der Waals surface area contributed by atoms with Crippen LogP contribution in [-0.2, 0) is 9.59 Å². The maximum atomic E-state index is 13.1. The van der Waals surface area contributed by atoms with E-state index in [0.29, 0.717) is 22.6 Å². The maximum Gasteiger partial charge on any atom is 0.300 e. The van der Waals surface area contributed by atoms with Crippen LogP contribution < -0.4 is 9.64 Å². The number of hydrogen-bond acceptors (Lipinski definition) is 5. The highest BCUT2D eigenvalue weighted by atomic mass is 16.5. The minimum atomic E-state index is -0.774. The third-order valence-corrected chi connectivity index (χ3v) is 5.00. The van der Waals surface area contributed by atoms with Gasteiger partial charge in [-0.15, -0.1) is 0 Å². The number of ketones is 1. The van der Waals surface area contributed by atoms with Crippen LogP contribution in [0.15, 0.2) is 84.7 Å². The summed E-state index contributed by atoms with van der Waals surface area (Å²) < 4.78 is 5.71. The van der Waals surface area contributed by atoms with E-state index in [4.69, 9.17) is 4.74 Å². The van der Waals surface area contributed by atoms with Crippen molar-refractivity contribution in [3.8, 4) is 5.75 Å². The Balaban J connectivity index is 1.87. The summed E-state index contributed by atoms with van der Waals surface area (Å²) in [6.45, 7) is 3.87. The van der Waals surface area contributed by atoms with Crippen LogP contribution in [0.4, 0.5) is 5.69 Å². The standard InChI is InChI=1S/C25H22N2O4/c1-16(2)31-20-10-8-17(9-11-20)22-21(23(28)18-12-14-26-15-13-18)24(29)25(30)27(22)19-6-4-3-5-7-19/h3-16,22,28H,1-2H3/b23-21-. The topological polar surface area (TPSA) is 79.7 Å². The molecule has 0 bridgehead atoms. The van der Waals surface area contributed by atoms with Gasteiger partial charge in [0.2, 0.25) is 0 Å². The predicted molar refractivity (Wildman–Crippen MR) is 118 cm³/mol. The monoisotopic (exact) mass is 414 g/mol. The number of aliphatic hydroxyl groups is 1. The number of benzene rings is 2. The molecule has 1 aliphatic rings. The highest BCUT2D eigenvalue weighted by Crippen LogP contribution is 2.42. The minimum absolute atomic E-state index is 0.0208. The molecule has 0 aliphatic carbocycles. The average molecular weight is 414 g/mol. The number of hydrogen-bond donors (Lipinski definition) is 1. The zero-order valence-electron chi connectivity index (χ0n) is 17.2. The Labute approximate surface area is 180 Å². The van der Waals surface area contributed by atoms with Crippen molar-refractivity contribution in [1.29, 1.82) is 0 Å². The zero-order valence-corrected chi connectivity index (χ0v) is 17.2. The van der Waals surface area contributed by atoms with Crippen molar-refractivity contribution in [2.24, 2.45) is 0 Å². The molecule has 1 atom stereocenters. The van der Waals surface area contributed by atoms with Crippen molar-refractivity contribution in [3.05, 3.63) is 95.8 Å². The fraction of sp³-hybridized carbons (Fsp3) is 0.160. The second-order valence-corrected chi connectivity index (χ2v) is 7.48. The van der Waals surface area contributed by atoms with Crippen molar-refractivity contribution < 1.29 is 19.4 Å². The number of amides is 1. The van der Waals surface area contributed by atoms with Gasteiger partial charge < -0.3 is 9.84 Å². The Kier molecular flexibility index (Phi) is 5.54. The second kappa shape index (κ2) is 8.44. The van der Waals surface area contributed by atoms with Crippen LogP contribution in [-0.4, -0.2) is 27.9 Å². The summed E-state index contributed by atoms with van der Waals surface area (Å²) in [5.74, 6) is -0.962. The van der Waals surface area contributed by atoms with E-state index in [1.165, 1.54) is 17.3 Å². The first-order valence-electron chi connectivity index (χ1n) is 10.0. The Morgan fingerprint density at radius 3 is 2.23 bits per heavy atom. The molecule has 1 aromatic heterocycles. The van der Waals surface area contributed by atoms with Crippen LogP contribution >= 0.6 is 0 Å². The summed E-state index contributed by atoms with van der Waals surface area (Å²) in [7, 11) is 0. The van der Waals surface area contributed by atoms with E-state index in [-0.39, 0.29) is 17.4 Å². The lowest BCUT2D eigenvalue weighted by Crippen LogP contribution is -2.29. The number of aromatic nitrogens is 1. The highest BCUT2D eigenvalue weighted by molar-refractivity contribution is 6.51.